The van der Waals surface area contributed by atoms with Crippen molar-refractivity contribution in [3.63, 3.8) is 0 Å². The Morgan fingerprint density at radius 1 is 1.14 bits per heavy atom. The smallest absolute Gasteiger partial charge is 0.822 e. The van der Waals surface area contributed by atoms with Gasteiger partial charge in [0.2, 0.25) is 0 Å². The molecule has 41 valence electrons. The van der Waals surface area contributed by atoms with Gasteiger partial charge in [0.1, 0.15) is 0 Å². The monoisotopic (exact) mass is 252 g/mol. The van der Waals surface area contributed by atoms with E-state index in [4.69, 9.17) is 19.2 Å². The molecule has 0 aromatic rings. The molecule has 0 heterocycles. The summed E-state index contributed by atoms with van der Waals surface area (Å²) < 4.78 is 8.55. The molecule has 7 heavy (non-hydrogen) atoms. The number of rotatable bonds is 0. The average Bonchev–Trinajstić information content (AvgIpc) is 0.722. The Morgan fingerprint density at radius 2 is 1.14 bits per heavy atom. The molecule has 0 saturated heterocycles. The molecule has 4 N–H and O–H groups in total. The van der Waals surface area contributed by atoms with E-state index in [-0.39, 0.29) is 41.7 Å². The molecule has 0 amide bonds. The topological polar surface area (TPSA) is 123 Å². The minimum Gasteiger partial charge on any atom is -0.822 e. The van der Waals surface area contributed by atoms with Gasteiger partial charge in [-0.25, -0.2) is 0 Å². The SMILES string of the molecule is O=P([O-])([O-])[O-].[La+2].[NH4+]. The number of hydrogen-bond acceptors (Lipinski definition) is 4. The van der Waals surface area contributed by atoms with E-state index >= 15 is 0 Å². The van der Waals surface area contributed by atoms with Gasteiger partial charge in [-0.2, -0.15) is 7.82 Å². The van der Waals surface area contributed by atoms with E-state index in [1.807, 2.05) is 0 Å². The maximum atomic E-state index is 8.55. The van der Waals surface area contributed by atoms with Gasteiger partial charge in [0.05, 0.1) is 0 Å². The molecule has 0 rings (SSSR count). The van der Waals surface area contributed by atoms with Gasteiger partial charge >= 0.3 is 35.6 Å². The van der Waals surface area contributed by atoms with Gasteiger partial charge in [0, 0.05) is 0 Å². The fraction of sp³-hybridized carbons (Fsp3) is 0. The zero-order valence-corrected chi connectivity index (χ0v) is 8.18. The summed E-state index contributed by atoms with van der Waals surface area (Å²) in [5.41, 5.74) is 0. The third kappa shape index (κ3) is 126. The van der Waals surface area contributed by atoms with Crippen molar-refractivity contribution in [2.45, 2.75) is 0 Å². The van der Waals surface area contributed by atoms with Crippen molar-refractivity contribution in [2.24, 2.45) is 0 Å². The van der Waals surface area contributed by atoms with Gasteiger partial charge in [0.15, 0.2) is 0 Å². The van der Waals surface area contributed by atoms with Gasteiger partial charge in [-0.05, 0) is 0 Å². The fourth-order valence-electron chi connectivity index (χ4n) is 0. The van der Waals surface area contributed by atoms with Crippen molar-refractivity contribution in [1.82, 2.24) is 6.15 Å². The Labute approximate surface area is 68.5 Å². The largest absolute Gasteiger partial charge is 2.00 e. The Kier molecular flexibility index (Phi) is 12.1. The van der Waals surface area contributed by atoms with Crippen LogP contribution in [0.15, 0.2) is 0 Å². The van der Waals surface area contributed by atoms with E-state index in [1.54, 1.807) is 0 Å². The summed E-state index contributed by atoms with van der Waals surface area (Å²) in [6.07, 6.45) is 0. The van der Waals surface area contributed by atoms with Gasteiger partial charge in [-0.1, -0.05) is 0 Å². The second kappa shape index (κ2) is 5.40. The predicted molar refractivity (Wildman–Crippen MR) is 13.6 cm³/mol. The molecule has 0 fully saturated rings. The van der Waals surface area contributed by atoms with Crippen molar-refractivity contribution < 1.29 is 54.8 Å². The van der Waals surface area contributed by atoms with Crippen LogP contribution in [0, 0.1) is 35.6 Å². The van der Waals surface area contributed by atoms with Gasteiger partial charge in [-0.15, -0.1) is 0 Å². The molecule has 0 bridgehead atoms. The zero-order chi connectivity index (χ0) is 4.50. The second-order valence-electron chi connectivity index (χ2n) is 0.447. The van der Waals surface area contributed by atoms with Gasteiger partial charge < -0.3 is 25.4 Å². The minimum absolute atomic E-state index is 0. The quantitative estimate of drug-likeness (QED) is 0.480. The summed E-state index contributed by atoms with van der Waals surface area (Å²) in [5, 5.41) is 0. The van der Waals surface area contributed by atoms with Crippen LogP contribution < -0.4 is 20.8 Å². The Hall–Kier alpha value is 1.26. The molecular weight excluding hydrogens is 248 g/mol. The molecule has 0 aliphatic carbocycles. The Bertz CT molecular complexity index is 57.8. The Balaban J connectivity index is -0.0000000800. The first kappa shape index (κ1) is 15.7. The van der Waals surface area contributed by atoms with Crippen molar-refractivity contribution >= 4 is 7.82 Å². The normalized spacial score (nSPS) is 8.43. The van der Waals surface area contributed by atoms with Crippen molar-refractivity contribution in [3.8, 4) is 0 Å². The summed E-state index contributed by atoms with van der Waals surface area (Å²) in [6, 6.07) is 0. The van der Waals surface area contributed by atoms with E-state index in [0.29, 0.717) is 0 Å². The van der Waals surface area contributed by atoms with Crippen LogP contribution in [-0.4, -0.2) is 0 Å². The molecule has 0 aliphatic heterocycles. The average molecular weight is 252 g/mol. The first-order chi connectivity index (χ1) is 2.00. The summed E-state index contributed by atoms with van der Waals surface area (Å²) in [5.74, 6) is 0. The summed E-state index contributed by atoms with van der Waals surface area (Å²) >= 11 is 0. The van der Waals surface area contributed by atoms with Crippen LogP contribution in [0.4, 0.5) is 0 Å². The second-order valence-corrected chi connectivity index (χ2v) is 1.34. The molecule has 0 aliphatic rings. The molecular formula is H4LaNO4P. The number of quaternary nitrogens is 1. The molecule has 0 atom stereocenters. The zero-order valence-electron chi connectivity index (χ0n) is 3.66. The molecule has 0 saturated carbocycles. The van der Waals surface area contributed by atoms with Crippen LogP contribution in [0.25, 0.3) is 0 Å². The van der Waals surface area contributed by atoms with Gasteiger partial charge in [0.25, 0.3) is 0 Å². The van der Waals surface area contributed by atoms with Crippen molar-refractivity contribution in [2.75, 3.05) is 0 Å². The van der Waals surface area contributed by atoms with Crippen LogP contribution >= 0.6 is 7.82 Å². The molecule has 0 aromatic heterocycles. The van der Waals surface area contributed by atoms with Crippen LogP contribution in [-0.2, 0) is 4.57 Å². The third-order valence-corrected chi connectivity index (χ3v) is 0. The van der Waals surface area contributed by atoms with Crippen LogP contribution in [0.1, 0.15) is 0 Å². The summed E-state index contributed by atoms with van der Waals surface area (Å²) in [4.78, 5) is 25.6. The van der Waals surface area contributed by atoms with Crippen LogP contribution in [0.2, 0.25) is 0 Å². The van der Waals surface area contributed by atoms with E-state index < -0.39 is 7.82 Å². The molecule has 0 unspecified atom stereocenters. The molecule has 1 radical (unpaired) electrons. The van der Waals surface area contributed by atoms with E-state index in [0.717, 1.165) is 0 Å². The first-order valence-electron chi connectivity index (χ1n) is 0.730. The fourth-order valence-corrected chi connectivity index (χ4v) is 0. The predicted octanol–water partition coefficient (Wildman–Crippen LogP) is -2.45. The molecule has 0 spiro atoms. The van der Waals surface area contributed by atoms with Crippen molar-refractivity contribution in [1.29, 1.82) is 0 Å². The van der Waals surface area contributed by atoms with Gasteiger partial charge in [-0.3, -0.25) is 0 Å². The summed E-state index contributed by atoms with van der Waals surface area (Å²) in [7, 11) is -5.39. The Morgan fingerprint density at radius 3 is 1.14 bits per heavy atom. The van der Waals surface area contributed by atoms with E-state index in [9.17, 15) is 0 Å². The molecule has 5 nitrogen and oxygen atoms in total. The third-order valence-electron chi connectivity index (χ3n) is 0. The maximum absolute atomic E-state index is 8.55. The van der Waals surface area contributed by atoms with E-state index in [1.165, 1.54) is 0 Å². The molecule has 7 heteroatoms. The first-order valence-corrected chi connectivity index (χ1v) is 2.19. The van der Waals surface area contributed by atoms with E-state index in [2.05, 4.69) is 0 Å². The summed E-state index contributed by atoms with van der Waals surface area (Å²) in [6.45, 7) is 0. The number of phosphoric acid groups is 1. The number of hydrogen-bond donors (Lipinski definition) is 1. The van der Waals surface area contributed by atoms with Crippen LogP contribution in [0.5, 0.6) is 0 Å². The maximum Gasteiger partial charge on any atom is 2.00 e. The standard InChI is InChI=1S/La.H3N.H3O4P/c;;1-5(2,3)4/h;1H3;(H3,1,2,3,4)/q+2;;/p-2. The minimum atomic E-state index is -5.39. The molecule has 0 aromatic carbocycles. The van der Waals surface area contributed by atoms with Crippen LogP contribution in [0.3, 0.4) is 0 Å². The van der Waals surface area contributed by atoms with Crippen molar-refractivity contribution in [3.05, 3.63) is 0 Å².